The quantitative estimate of drug-likeness (QED) is 0.344. The Morgan fingerprint density at radius 3 is 2.05 bits per heavy atom. The summed E-state index contributed by atoms with van der Waals surface area (Å²) in [5.41, 5.74) is -2.21. The van der Waals surface area contributed by atoms with E-state index in [1.165, 1.54) is 0 Å². The molecule has 14 heteroatoms. The molecule has 1 rings (SSSR count). The van der Waals surface area contributed by atoms with Crippen molar-refractivity contribution in [1.29, 1.82) is 0 Å². The summed E-state index contributed by atoms with van der Waals surface area (Å²) in [6.45, 7) is -4.62. The minimum Gasteiger partial charge on any atom is -0.445 e. The Bertz CT molecular complexity index is 765. The Morgan fingerprint density at radius 1 is 1.18 bits per heavy atom. The van der Waals surface area contributed by atoms with Crippen molar-refractivity contribution in [3.05, 3.63) is 23.3 Å². The zero-order chi connectivity index (χ0) is 16.6. The summed E-state index contributed by atoms with van der Waals surface area (Å²) in [5, 5.41) is 0. The van der Waals surface area contributed by atoms with Crippen molar-refractivity contribution in [3.8, 4) is 5.75 Å². The molecular weight excluding hydrogens is 402 g/mol. The van der Waals surface area contributed by atoms with E-state index < -0.39 is 54.6 Å². The standard InChI is InChI=1S/C8H7BClF4O5S2.K/c1-5-6(4-20(10,15)16)2-7(19-21(14,17)18)3-8(5)9(11,12)13;/h2-3H,4H2,1H3;/q-1;+1. The fraction of sp³-hybridized carbons (Fsp3) is 0.250. The van der Waals surface area contributed by atoms with Crippen LogP contribution in [-0.2, 0) is 25.3 Å². The predicted octanol–water partition coefficient (Wildman–Crippen LogP) is -1.28. The topological polar surface area (TPSA) is 77.5 Å². The first-order chi connectivity index (χ1) is 9.19. The molecule has 120 valence electrons. The van der Waals surface area contributed by atoms with Crippen LogP contribution in [0, 0.1) is 6.92 Å². The smallest absolute Gasteiger partial charge is 0.445 e. The molecule has 0 fully saturated rings. The number of halogens is 5. The normalized spacial score (nSPS) is 12.6. The van der Waals surface area contributed by atoms with Gasteiger partial charge >= 0.3 is 68.9 Å². The Morgan fingerprint density at radius 2 is 1.68 bits per heavy atom. The van der Waals surface area contributed by atoms with E-state index in [2.05, 4.69) is 4.18 Å². The van der Waals surface area contributed by atoms with Crippen LogP contribution in [0.25, 0.3) is 0 Å². The van der Waals surface area contributed by atoms with Crippen molar-refractivity contribution in [3.63, 3.8) is 0 Å². The summed E-state index contributed by atoms with van der Waals surface area (Å²) in [7, 11) is -4.81. The van der Waals surface area contributed by atoms with Crippen LogP contribution in [-0.4, -0.2) is 23.8 Å². The Labute approximate surface area is 171 Å². The number of hydrogen-bond acceptors (Lipinski definition) is 5. The Kier molecular flexibility index (Phi) is 7.90. The monoisotopic (exact) mass is 408 g/mol. The van der Waals surface area contributed by atoms with Gasteiger partial charge in [-0.2, -0.15) is 8.42 Å². The third kappa shape index (κ3) is 7.47. The van der Waals surface area contributed by atoms with Crippen molar-refractivity contribution in [2.45, 2.75) is 12.7 Å². The van der Waals surface area contributed by atoms with E-state index >= 15 is 0 Å². The third-order valence-electron chi connectivity index (χ3n) is 2.41. The fourth-order valence-corrected chi connectivity index (χ4v) is 2.96. The molecule has 0 heterocycles. The van der Waals surface area contributed by atoms with Crippen LogP contribution in [0.2, 0.25) is 0 Å². The summed E-state index contributed by atoms with van der Waals surface area (Å²) < 4.78 is 97.3. The first-order valence-corrected chi connectivity index (χ1v) is 8.87. The summed E-state index contributed by atoms with van der Waals surface area (Å²) in [6, 6.07) is 0.939. The molecule has 0 atom stereocenters. The van der Waals surface area contributed by atoms with Gasteiger partial charge in [0.2, 0.25) is 9.05 Å². The maximum absolute atomic E-state index is 12.9. The van der Waals surface area contributed by atoms with Gasteiger partial charge in [0.05, 0.1) is 5.75 Å². The second kappa shape index (κ2) is 7.68. The molecule has 0 aromatic heterocycles. The van der Waals surface area contributed by atoms with Gasteiger partial charge in [0, 0.05) is 10.7 Å². The summed E-state index contributed by atoms with van der Waals surface area (Å²) in [5.74, 6) is -1.99. The molecule has 0 aliphatic rings. The largest absolute Gasteiger partial charge is 1.00 e. The average Bonchev–Trinajstić information content (AvgIpc) is 2.16. The van der Waals surface area contributed by atoms with Crippen molar-refractivity contribution in [2.75, 3.05) is 0 Å². The SMILES string of the molecule is Cc1c(CS(=O)(=O)Cl)cc(OS(=O)(=O)F)cc1[B-](F)(F)F.[K+]. The Balaban J connectivity index is 0.00000441. The van der Waals surface area contributed by atoms with Crippen LogP contribution in [0.5, 0.6) is 5.75 Å². The molecule has 0 N–H and O–H groups in total. The van der Waals surface area contributed by atoms with E-state index in [4.69, 9.17) is 10.7 Å². The molecule has 5 nitrogen and oxygen atoms in total. The molecule has 0 saturated carbocycles. The number of rotatable bonds is 5. The molecule has 1 aromatic carbocycles. The van der Waals surface area contributed by atoms with Crippen LogP contribution >= 0.6 is 10.7 Å². The van der Waals surface area contributed by atoms with Crippen molar-refractivity contribution in [2.24, 2.45) is 0 Å². The predicted molar refractivity (Wildman–Crippen MR) is 69.0 cm³/mol. The van der Waals surface area contributed by atoms with E-state index in [1.807, 2.05) is 0 Å². The van der Waals surface area contributed by atoms with Gasteiger partial charge in [-0.05, 0) is 24.6 Å². The molecule has 0 saturated heterocycles. The van der Waals surface area contributed by atoms with Crippen molar-refractivity contribution in [1.82, 2.24) is 0 Å². The summed E-state index contributed by atoms with van der Waals surface area (Å²) in [6.07, 6.45) is 0. The molecule has 0 aliphatic heterocycles. The zero-order valence-corrected chi connectivity index (χ0v) is 16.7. The molecule has 0 amide bonds. The van der Waals surface area contributed by atoms with Gasteiger partial charge in [-0.1, -0.05) is 9.45 Å². The van der Waals surface area contributed by atoms with E-state index in [-0.39, 0.29) is 57.5 Å². The Hall–Kier alpha value is 0.631. The second-order valence-electron chi connectivity index (χ2n) is 4.03. The van der Waals surface area contributed by atoms with Crippen LogP contribution in [0.3, 0.4) is 0 Å². The maximum atomic E-state index is 12.9. The first-order valence-electron chi connectivity index (χ1n) is 5.09. The van der Waals surface area contributed by atoms with Crippen LogP contribution in [0.4, 0.5) is 16.8 Å². The second-order valence-corrected chi connectivity index (χ2v) is 7.76. The fourth-order valence-electron chi connectivity index (χ4n) is 1.61. The molecule has 0 spiro atoms. The van der Waals surface area contributed by atoms with E-state index in [9.17, 15) is 33.7 Å². The van der Waals surface area contributed by atoms with Gasteiger partial charge in [-0.15, -0.1) is 5.46 Å². The van der Waals surface area contributed by atoms with Gasteiger partial charge in [0.25, 0.3) is 0 Å². The van der Waals surface area contributed by atoms with E-state index in [1.54, 1.807) is 0 Å². The molecule has 0 bridgehead atoms. The minimum absolute atomic E-state index is 0. The maximum Gasteiger partial charge on any atom is 1.00 e. The average molecular weight is 409 g/mol. The van der Waals surface area contributed by atoms with Crippen molar-refractivity contribution < 1.29 is 89.2 Å². The molecule has 0 aliphatic carbocycles. The van der Waals surface area contributed by atoms with Gasteiger partial charge in [0.1, 0.15) is 5.75 Å². The molecule has 1 aromatic rings. The number of benzene rings is 1. The van der Waals surface area contributed by atoms with Crippen molar-refractivity contribution >= 4 is 42.7 Å². The van der Waals surface area contributed by atoms with Crippen LogP contribution < -0.4 is 61.0 Å². The van der Waals surface area contributed by atoms with E-state index in [0.717, 1.165) is 6.92 Å². The van der Waals surface area contributed by atoms with Crippen LogP contribution in [0.1, 0.15) is 11.1 Å². The minimum atomic E-state index is -5.60. The van der Waals surface area contributed by atoms with Gasteiger partial charge in [0.15, 0.2) is 0 Å². The third-order valence-corrected chi connectivity index (χ3v) is 3.78. The summed E-state index contributed by atoms with van der Waals surface area (Å²) in [4.78, 5) is 0. The van der Waals surface area contributed by atoms with Gasteiger partial charge in [-0.3, -0.25) is 0 Å². The first kappa shape index (κ1) is 22.6. The number of hydrogen-bond donors (Lipinski definition) is 0. The zero-order valence-electron chi connectivity index (χ0n) is 11.2. The molecule has 22 heavy (non-hydrogen) atoms. The van der Waals surface area contributed by atoms with Gasteiger partial charge < -0.3 is 17.1 Å². The molecular formula is C8H7BClF4KO5S2. The molecule has 0 radical (unpaired) electrons. The van der Waals surface area contributed by atoms with E-state index in [0.29, 0.717) is 6.07 Å². The van der Waals surface area contributed by atoms with Crippen LogP contribution in [0.15, 0.2) is 12.1 Å². The van der Waals surface area contributed by atoms with Gasteiger partial charge in [-0.25, -0.2) is 8.42 Å². The molecule has 0 unspecified atom stereocenters. The summed E-state index contributed by atoms with van der Waals surface area (Å²) >= 11 is 0.